The highest BCUT2D eigenvalue weighted by atomic mass is 16.5. The van der Waals surface area contributed by atoms with Crippen molar-refractivity contribution in [2.45, 2.75) is 45.8 Å². The number of piperidine rings is 1. The quantitative estimate of drug-likeness (QED) is 0.888. The summed E-state index contributed by atoms with van der Waals surface area (Å²) < 4.78 is 7.37. The molecule has 1 aromatic carbocycles. The minimum absolute atomic E-state index is 0.0388. The van der Waals surface area contributed by atoms with Crippen LogP contribution in [-0.2, 0) is 0 Å². The number of rotatable bonds is 5. The molecule has 1 aliphatic heterocycles. The number of hydrogen-bond donors (Lipinski definition) is 1. The molecule has 2 aromatic rings. The number of benzene rings is 1. The number of likely N-dealkylation sites (tertiary alicyclic amines) is 1. The first-order valence-corrected chi connectivity index (χ1v) is 9.15. The third kappa shape index (κ3) is 3.88. The second kappa shape index (κ2) is 7.86. The highest BCUT2D eigenvalue weighted by Gasteiger charge is 2.26. The van der Waals surface area contributed by atoms with Crippen molar-refractivity contribution in [2.75, 3.05) is 20.1 Å². The second-order valence-corrected chi connectivity index (χ2v) is 6.95. The summed E-state index contributed by atoms with van der Waals surface area (Å²) in [5.74, 6) is 0.772. The molecule has 2 heterocycles. The number of hydrogen-bond acceptors (Lipinski definition) is 5. The van der Waals surface area contributed by atoms with Gasteiger partial charge < -0.3 is 15.0 Å². The second-order valence-electron chi connectivity index (χ2n) is 6.95. The maximum absolute atomic E-state index is 12.8. The first kappa shape index (κ1) is 18.4. The topological polar surface area (TPSA) is 72.3 Å². The first-order chi connectivity index (χ1) is 12.5. The zero-order chi connectivity index (χ0) is 18.7. The van der Waals surface area contributed by atoms with Gasteiger partial charge in [0.2, 0.25) is 0 Å². The monoisotopic (exact) mass is 357 g/mol. The van der Waals surface area contributed by atoms with Crippen molar-refractivity contribution in [1.29, 1.82) is 0 Å². The van der Waals surface area contributed by atoms with Crippen LogP contribution in [0.15, 0.2) is 24.3 Å². The van der Waals surface area contributed by atoms with Crippen LogP contribution in [0.5, 0.6) is 5.75 Å². The van der Waals surface area contributed by atoms with Crippen LogP contribution in [0.25, 0.3) is 5.69 Å². The van der Waals surface area contributed by atoms with Crippen molar-refractivity contribution in [1.82, 2.24) is 25.2 Å². The highest BCUT2D eigenvalue weighted by molar-refractivity contribution is 5.93. The van der Waals surface area contributed by atoms with Crippen molar-refractivity contribution in [2.24, 2.45) is 0 Å². The minimum atomic E-state index is -0.0388. The van der Waals surface area contributed by atoms with E-state index in [2.05, 4.69) is 15.6 Å². The van der Waals surface area contributed by atoms with Crippen LogP contribution in [-0.4, -0.2) is 58.1 Å². The van der Waals surface area contributed by atoms with Gasteiger partial charge in [0.25, 0.3) is 5.91 Å². The minimum Gasteiger partial charge on any atom is -0.491 e. The number of carbonyl (C=O) groups excluding carboxylic acids is 1. The predicted octanol–water partition coefficient (Wildman–Crippen LogP) is 2.19. The van der Waals surface area contributed by atoms with Gasteiger partial charge in [-0.15, -0.1) is 5.10 Å². The summed E-state index contributed by atoms with van der Waals surface area (Å²) in [5, 5.41) is 11.6. The zero-order valence-electron chi connectivity index (χ0n) is 15.9. The fourth-order valence-electron chi connectivity index (χ4n) is 3.23. The standard InChI is InChI=1S/C19H27N5O2/c1-13(2)26-17-7-5-16(6-8-17)24-14(3)18(21-22-24)19(25)23-11-9-15(20-4)10-12-23/h5-8,13,15,20H,9-12H2,1-4H3. The average Bonchev–Trinajstić information content (AvgIpc) is 3.03. The zero-order valence-corrected chi connectivity index (χ0v) is 15.9. The summed E-state index contributed by atoms with van der Waals surface area (Å²) in [6.07, 6.45) is 2.06. The molecule has 7 nitrogen and oxygen atoms in total. The van der Waals surface area contributed by atoms with Gasteiger partial charge in [-0.1, -0.05) is 5.21 Å². The number of nitrogens with zero attached hydrogens (tertiary/aromatic N) is 4. The Kier molecular flexibility index (Phi) is 5.56. The number of ether oxygens (including phenoxy) is 1. The smallest absolute Gasteiger partial charge is 0.276 e. The van der Waals surface area contributed by atoms with E-state index in [0.717, 1.165) is 43.1 Å². The Labute approximate surface area is 154 Å². The Morgan fingerprint density at radius 2 is 1.88 bits per heavy atom. The molecule has 1 fully saturated rings. The predicted molar refractivity (Wildman–Crippen MR) is 99.8 cm³/mol. The van der Waals surface area contributed by atoms with E-state index in [4.69, 9.17) is 4.74 Å². The Morgan fingerprint density at radius 1 is 1.23 bits per heavy atom. The Balaban J connectivity index is 1.74. The Bertz CT molecular complexity index is 746. The van der Waals surface area contributed by atoms with Crippen LogP contribution in [0.2, 0.25) is 0 Å². The van der Waals surface area contributed by atoms with Crippen molar-refractivity contribution in [3.63, 3.8) is 0 Å². The lowest BCUT2D eigenvalue weighted by molar-refractivity contribution is 0.0700. The van der Waals surface area contributed by atoms with Gasteiger partial charge in [-0.25, -0.2) is 4.68 Å². The SMILES string of the molecule is CNC1CCN(C(=O)c2nnn(-c3ccc(OC(C)C)cc3)c2C)CC1. The molecule has 0 bridgehead atoms. The molecule has 7 heteroatoms. The number of aromatic nitrogens is 3. The highest BCUT2D eigenvalue weighted by Crippen LogP contribution is 2.20. The normalized spacial score (nSPS) is 15.5. The van der Waals surface area contributed by atoms with Crippen molar-refractivity contribution in [3.05, 3.63) is 35.7 Å². The number of carbonyl (C=O) groups is 1. The molecule has 3 rings (SSSR count). The molecule has 0 spiro atoms. The van der Waals surface area contributed by atoms with Gasteiger partial charge in [-0.3, -0.25) is 4.79 Å². The molecule has 0 unspecified atom stereocenters. The van der Waals surface area contributed by atoms with Crippen LogP contribution >= 0.6 is 0 Å². The summed E-state index contributed by atoms with van der Waals surface area (Å²) in [6, 6.07) is 8.14. The number of amides is 1. The van der Waals surface area contributed by atoms with E-state index < -0.39 is 0 Å². The molecular formula is C19H27N5O2. The summed E-state index contributed by atoms with van der Waals surface area (Å²) in [6.45, 7) is 7.36. The lowest BCUT2D eigenvalue weighted by atomic mass is 10.0. The van der Waals surface area contributed by atoms with Gasteiger partial charge in [0.05, 0.1) is 17.5 Å². The van der Waals surface area contributed by atoms with Gasteiger partial charge in [0.15, 0.2) is 5.69 Å². The third-order valence-electron chi connectivity index (χ3n) is 4.74. The van der Waals surface area contributed by atoms with E-state index in [-0.39, 0.29) is 12.0 Å². The average molecular weight is 357 g/mol. The molecule has 0 radical (unpaired) electrons. The van der Waals surface area contributed by atoms with Gasteiger partial charge >= 0.3 is 0 Å². The van der Waals surface area contributed by atoms with Crippen LogP contribution in [0.4, 0.5) is 0 Å². The third-order valence-corrected chi connectivity index (χ3v) is 4.74. The lowest BCUT2D eigenvalue weighted by Crippen LogP contribution is -2.44. The van der Waals surface area contributed by atoms with E-state index in [1.807, 2.05) is 57.0 Å². The van der Waals surface area contributed by atoms with Crippen LogP contribution in [0, 0.1) is 6.92 Å². The fraction of sp³-hybridized carbons (Fsp3) is 0.526. The summed E-state index contributed by atoms with van der Waals surface area (Å²) >= 11 is 0. The molecule has 1 aliphatic rings. The van der Waals surface area contributed by atoms with Gasteiger partial charge in [0, 0.05) is 19.1 Å². The molecule has 0 aliphatic carbocycles. The molecule has 0 saturated carbocycles. The summed E-state index contributed by atoms with van der Waals surface area (Å²) in [5.41, 5.74) is 2.04. The van der Waals surface area contributed by atoms with E-state index >= 15 is 0 Å². The first-order valence-electron chi connectivity index (χ1n) is 9.15. The Morgan fingerprint density at radius 3 is 2.46 bits per heavy atom. The summed E-state index contributed by atoms with van der Waals surface area (Å²) in [4.78, 5) is 14.7. The van der Waals surface area contributed by atoms with E-state index in [1.54, 1.807) is 4.68 Å². The lowest BCUT2D eigenvalue weighted by Gasteiger charge is -2.31. The van der Waals surface area contributed by atoms with E-state index in [1.165, 1.54) is 0 Å². The van der Waals surface area contributed by atoms with Crippen molar-refractivity contribution < 1.29 is 9.53 Å². The van der Waals surface area contributed by atoms with Crippen LogP contribution < -0.4 is 10.1 Å². The molecule has 140 valence electrons. The van der Waals surface area contributed by atoms with Crippen molar-refractivity contribution >= 4 is 5.91 Å². The molecule has 26 heavy (non-hydrogen) atoms. The van der Waals surface area contributed by atoms with E-state index in [9.17, 15) is 4.79 Å². The number of nitrogens with one attached hydrogen (secondary N) is 1. The molecule has 0 atom stereocenters. The largest absolute Gasteiger partial charge is 0.491 e. The van der Waals surface area contributed by atoms with Gasteiger partial charge in [-0.2, -0.15) is 0 Å². The molecule has 1 saturated heterocycles. The van der Waals surface area contributed by atoms with Crippen molar-refractivity contribution in [3.8, 4) is 11.4 Å². The van der Waals surface area contributed by atoms with Gasteiger partial charge in [0.1, 0.15) is 5.75 Å². The summed E-state index contributed by atoms with van der Waals surface area (Å²) in [7, 11) is 1.97. The molecular weight excluding hydrogens is 330 g/mol. The Hall–Kier alpha value is -2.41. The molecule has 1 N–H and O–H groups in total. The van der Waals surface area contributed by atoms with Gasteiger partial charge in [-0.05, 0) is 64.9 Å². The van der Waals surface area contributed by atoms with Crippen LogP contribution in [0.1, 0.15) is 42.9 Å². The fourth-order valence-corrected chi connectivity index (χ4v) is 3.23. The maximum atomic E-state index is 12.8. The molecule has 1 aromatic heterocycles. The van der Waals surface area contributed by atoms with Crippen LogP contribution in [0.3, 0.4) is 0 Å². The van der Waals surface area contributed by atoms with E-state index in [0.29, 0.717) is 11.7 Å². The molecule has 1 amide bonds. The maximum Gasteiger partial charge on any atom is 0.276 e.